The van der Waals surface area contributed by atoms with Gasteiger partial charge in [-0.2, -0.15) is 5.10 Å². The summed E-state index contributed by atoms with van der Waals surface area (Å²) < 4.78 is 38.0. The first kappa shape index (κ1) is 16.0. The van der Waals surface area contributed by atoms with Crippen molar-refractivity contribution in [3.8, 4) is 11.3 Å². The Labute approximate surface area is 133 Å². The van der Waals surface area contributed by atoms with Gasteiger partial charge in [0, 0.05) is 30.3 Å². The zero-order valence-electron chi connectivity index (χ0n) is 12.9. The minimum Gasteiger partial charge on any atom is -0.376 e. The van der Waals surface area contributed by atoms with Gasteiger partial charge in [0.05, 0.1) is 37.8 Å². The van der Waals surface area contributed by atoms with Gasteiger partial charge in [0.2, 0.25) is 0 Å². The molecule has 5 nitrogen and oxygen atoms in total. The van der Waals surface area contributed by atoms with Gasteiger partial charge in [0.25, 0.3) is 0 Å². The number of benzene rings is 1. The third-order valence-corrected chi connectivity index (χ3v) is 3.76. The first-order valence-corrected chi connectivity index (χ1v) is 7.49. The van der Waals surface area contributed by atoms with Gasteiger partial charge >= 0.3 is 0 Å². The number of likely N-dealkylation sites (N-methyl/N-ethyl adjacent to an activating group) is 1. The highest BCUT2D eigenvalue weighted by atomic mass is 19.1. The lowest BCUT2D eigenvalue weighted by Gasteiger charge is -2.27. The summed E-state index contributed by atoms with van der Waals surface area (Å²) in [5.74, 6) is -1.21. The lowest BCUT2D eigenvalue weighted by molar-refractivity contribution is -0.0962. The number of halogens is 2. The van der Waals surface area contributed by atoms with Gasteiger partial charge in [0.1, 0.15) is 11.6 Å². The molecular weight excluding hydrogens is 304 g/mol. The zero-order chi connectivity index (χ0) is 16.2. The molecule has 23 heavy (non-hydrogen) atoms. The highest BCUT2D eigenvalue weighted by Crippen LogP contribution is 2.25. The highest BCUT2D eigenvalue weighted by molar-refractivity contribution is 5.63. The molecule has 3 rings (SSSR count). The smallest absolute Gasteiger partial charge is 0.135 e. The van der Waals surface area contributed by atoms with Crippen LogP contribution in [0.1, 0.15) is 5.56 Å². The second-order valence-corrected chi connectivity index (χ2v) is 5.66. The molecule has 0 aliphatic carbocycles. The number of nitrogens with one attached hydrogen (secondary N) is 1. The van der Waals surface area contributed by atoms with Crippen LogP contribution < -0.4 is 0 Å². The fourth-order valence-electron chi connectivity index (χ4n) is 2.70. The molecule has 2 aromatic rings. The predicted molar refractivity (Wildman–Crippen MR) is 80.8 cm³/mol. The van der Waals surface area contributed by atoms with Crippen molar-refractivity contribution in [2.24, 2.45) is 0 Å². The van der Waals surface area contributed by atoms with E-state index in [1.807, 2.05) is 7.05 Å². The van der Waals surface area contributed by atoms with Crippen LogP contribution in [0.5, 0.6) is 0 Å². The van der Waals surface area contributed by atoms with Crippen molar-refractivity contribution >= 4 is 0 Å². The van der Waals surface area contributed by atoms with Crippen molar-refractivity contribution in [1.82, 2.24) is 15.1 Å². The Morgan fingerprint density at radius 2 is 2.22 bits per heavy atom. The minimum absolute atomic E-state index is 0.0339. The number of hydrogen-bond donors (Lipinski definition) is 1. The molecule has 1 N–H and O–H groups in total. The predicted octanol–water partition coefficient (Wildman–Crippen LogP) is 2.20. The molecule has 2 heterocycles. The summed E-state index contributed by atoms with van der Waals surface area (Å²) in [4.78, 5) is 2.06. The van der Waals surface area contributed by atoms with Crippen molar-refractivity contribution in [3.05, 3.63) is 41.6 Å². The van der Waals surface area contributed by atoms with Crippen LogP contribution in [-0.4, -0.2) is 54.6 Å². The van der Waals surface area contributed by atoms with Crippen LogP contribution in [0, 0.1) is 11.6 Å². The summed E-state index contributed by atoms with van der Waals surface area (Å²) >= 11 is 0. The third kappa shape index (κ3) is 3.93. The number of hydrogen-bond acceptors (Lipinski definition) is 4. The molecule has 1 aromatic heterocycles. The van der Waals surface area contributed by atoms with Crippen LogP contribution in [0.4, 0.5) is 8.78 Å². The molecule has 1 fully saturated rings. The number of H-pyrrole nitrogens is 1. The fraction of sp³-hybridized carbons (Fsp3) is 0.438. The molecule has 0 radical (unpaired) electrons. The van der Waals surface area contributed by atoms with Crippen molar-refractivity contribution in [2.45, 2.75) is 12.6 Å². The second kappa shape index (κ2) is 7.16. The number of aromatic amines is 1. The monoisotopic (exact) mass is 323 g/mol. The lowest BCUT2D eigenvalue weighted by Crippen LogP contribution is -2.38. The molecule has 0 bridgehead atoms. The molecule has 1 aliphatic rings. The van der Waals surface area contributed by atoms with Crippen molar-refractivity contribution in [1.29, 1.82) is 0 Å². The lowest BCUT2D eigenvalue weighted by atomic mass is 10.1. The van der Waals surface area contributed by atoms with Gasteiger partial charge < -0.3 is 9.47 Å². The van der Waals surface area contributed by atoms with E-state index in [9.17, 15) is 8.78 Å². The molecule has 1 saturated heterocycles. The van der Waals surface area contributed by atoms with E-state index in [1.165, 1.54) is 12.1 Å². The highest BCUT2D eigenvalue weighted by Gasteiger charge is 2.19. The maximum atomic E-state index is 14.0. The molecule has 124 valence electrons. The van der Waals surface area contributed by atoms with Crippen molar-refractivity contribution in [3.63, 3.8) is 0 Å². The second-order valence-electron chi connectivity index (χ2n) is 5.66. The molecule has 7 heteroatoms. The molecule has 1 aliphatic heterocycles. The van der Waals surface area contributed by atoms with Gasteiger partial charge in [-0.3, -0.25) is 10.00 Å². The van der Waals surface area contributed by atoms with Gasteiger partial charge in [-0.05, 0) is 19.2 Å². The van der Waals surface area contributed by atoms with Crippen LogP contribution in [0.2, 0.25) is 0 Å². The SMILES string of the molecule is CN(Cc1cn[nH]c1-c1ccc(F)cc1F)CC1COCCO1. The summed E-state index contributed by atoms with van der Waals surface area (Å²) in [7, 11) is 1.95. The third-order valence-electron chi connectivity index (χ3n) is 3.76. The van der Waals surface area contributed by atoms with Gasteiger partial charge in [-0.1, -0.05) is 0 Å². The molecule has 1 atom stereocenters. The van der Waals surface area contributed by atoms with E-state index in [0.717, 1.165) is 11.6 Å². The number of aromatic nitrogens is 2. The van der Waals surface area contributed by atoms with Crippen LogP contribution >= 0.6 is 0 Å². The van der Waals surface area contributed by atoms with E-state index in [1.54, 1.807) is 6.20 Å². The summed E-state index contributed by atoms with van der Waals surface area (Å²) in [5, 5.41) is 6.79. The Morgan fingerprint density at radius 3 is 2.96 bits per heavy atom. The average Bonchev–Trinajstić information content (AvgIpc) is 2.96. The Bertz CT molecular complexity index is 657. The maximum Gasteiger partial charge on any atom is 0.135 e. The van der Waals surface area contributed by atoms with E-state index in [4.69, 9.17) is 9.47 Å². The average molecular weight is 323 g/mol. The maximum absolute atomic E-state index is 14.0. The first-order chi connectivity index (χ1) is 11.1. The molecule has 1 unspecified atom stereocenters. The van der Waals surface area contributed by atoms with Crippen LogP contribution in [-0.2, 0) is 16.0 Å². The minimum atomic E-state index is -0.609. The van der Waals surface area contributed by atoms with Gasteiger partial charge in [0.15, 0.2) is 0 Å². The number of rotatable bonds is 5. The van der Waals surface area contributed by atoms with Gasteiger partial charge in [-0.25, -0.2) is 8.78 Å². The largest absolute Gasteiger partial charge is 0.376 e. The topological polar surface area (TPSA) is 50.4 Å². The Kier molecular flexibility index (Phi) is 5.00. The van der Waals surface area contributed by atoms with Gasteiger partial charge in [-0.15, -0.1) is 0 Å². The van der Waals surface area contributed by atoms with Crippen molar-refractivity contribution < 1.29 is 18.3 Å². The molecular formula is C16H19F2N3O2. The Hall–Kier alpha value is -1.83. The summed E-state index contributed by atoms with van der Waals surface area (Å²) in [6, 6.07) is 3.52. The van der Waals surface area contributed by atoms with E-state index in [-0.39, 0.29) is 6.10 Å². The van der Waals surface area contributed by atoms with Crippen molar-refractivity contribution in [2.75, 3.05) is 33.4 Å². The fourth-order valence-corrected chi connectivity index (χ4v) is 2.70. The Morgan fingerprint density at radius 1 is 1.35 bits per heavy atom. The first-order valence-electron chi connectivity index (χ1n) is 7.49. The van der Waals surface area contributed by atoms with Crippen LogP contribution in [0.25, 0.3) is 11.3 Å². The normalized spacial score (nSPS) is 18.5. The standard InChI is InChI=1S/C16H19F2N3O2/c1-21(9-13-10-22-4-5-23-13)8-11-7-19-20-16(11)14-3-2-12(17)6-15(14)18/h2-3,6-7,13H,4-5,8-10H2,1H3,(H,19,20). The van der Waals surface area contributed by atoms with E-state index in [0.29, 0.717) is 44.2 Å². The summed E-state index contributed by atoms with van der Waals surface area (Å²) in [5.41, 5.74) is 1.72. The molecule has 1 aromatic carbocycles. The quantitative estimate of drug-likeness (QED) is 0.916. The summed E-state index contributed by atoms with van der Waals surface area (Å²) in [6.07, 6.45) is 1.69. The Balaban J connectivity index is 1.70. The van der Waals surface area contributed by atoms with E-state index >= 15 is 0 Å². The zero-order valence-corrected chi connectivity index (χ0v) is 12.9. The van der Waals surface area contributed by atoms with Crippen LogP contribution in [0.15, 0.2) is 24.4 Å². The molecule has 0 saturated carbocycles. The molecule has 0 spiro atoms. The molecule has 0 amide bonds. The van der Waals surface area contributed by atoms with E-state index in [2.05, 4.69) is 15.1 Å². The summed E-state index contributed by atoms with van der Waals surface area (Å²) in [6.45, 7) is 3.10. The van der Waals surface area contributed by atoms with Crippen LogP contribution in [0.3, 0.4) is 0 Å². The van der Waals surface area contributed by atoms with E-state index < -0.39 is 11.6 Å². The number of ether oxygens (including phenoxy) is 2. The number of nitrogens with zero attached hydrogens (tertiary/aromatic N) is 2.